The van der Waals surface area contributed by atoms with Gasteiger partial charge in [0.2, 0.25) is 0 Å². The van der Waals surface area contributed by atoms with Gasteiger partial charge in [0.1, 0.15) is 0 Å². The van der Waals surface area contributed by atoms with Crippen molar-refractivity contribution in [2.75, 3.05) is 0 Å². The molecule has 1 aliphatic carbocycles. The van der Waals surface area contributed by atoms with Gasteiger partial charge >= 0.3 is 0 Å². The standard InChI is InChI=1S/C13H11BrO/c1-2-13(15)11-7-3-6-10-9(11)5-4-8-12(10)14/h2,4-5,7-8H,1,3,6H2. The van der Waals surface area contributed by atoms with Crippen molar-refractivity contribution in [1.29, 1.82) is 0 Å². The average molecular weight is 263 g/mol. The van der Waals surface area contributed by atoms with E-state index in [4.69, 9.17) is 0 Å². The number of allylic oxidation sites excluding steroid dienone is 3. The third-order valence-electron chi connectivity index (χ3n) is 2.60. The van der Waals surface area contributed by atoms with Crippen LogP contribution in [0.3, 0.4) is 0 Å². The van der Waals surface area contributed by atoms with Crippen molar-refractivity contribution < 1.29 is 4.79 Å². The molecule has 0 saturated carbocycles. The fraction of sp³-hybridized carbons (Fsp3) is 0.154. The molecule has 0 bridgehead atoms. The zero-order chi connectivity index (χ0) is 10.8. The summed E-state index contributed by atoms with van der Waals surface area (Å²) in [6, 6.07) is 5.96. The number of carbonyl (C=O) groups is 1. The highest BCUT2D eigenvalue weighted by Crippen LogP contribution is 2.32. The van der Waals surface area contributed by atoms with E-state index in [9.17, 15) is 4.79 Å². The Balaban J connectivity index is 2.56. The predicted molar refractivity (Wildman–Crippen MR) is 65.6 cm³/mol. The van der Waals surface area contributed by atoms with Crippen LogP contribution in [0, 0.1) is 0 Å². The summed E-state index contributed by atoms with van der Waals surface area (Å²) in [5.74, 6) is 0.00838. The maximum absolute atomic E-state index is 11.6. The Morgan fingerprint density at radius 2 is 2.27 bits per heavy atom. The Bertz CT molecular complexity index is 458. The first-order valence-corrected chi connectivity index (χ1v) is 5.68. The van der Waals surface area contributed by atoms with Crippen LogP contribution in [0.2, 0.25) is 0 Å². The van der Waals surface area contributed by atoms with E-state index in [1.165, 1.54) is 11.6 Å². The summed E-state index contributed by atoms with van der Waals surface area (Å²) >= 11 is 3.52. The summed E-state index contributed by atoms with van der Waals surface area (Å²) < 4.78 is 1.09. The van der Waals surface area contributed by atoms with Crippen molar-refractivity contribution in [1.82, 2.24) is 0 Å². The van der Waals surface area contributed by atoms with Crippen LogP contribution in [0.4, 0.5) is 0 Å². The molecular formula is C13H11BrO. The number of hydrogen-bond donors (Lipinski definition) is 0. The van der Waals surface area contributed by atoms with Crippen LogP contribution in [0.5, 0.6) is 0 Å². The summed E-state index contributed by atoms with van der Waals surface area (Å²) in [6.07, 6.45) is 5.29. The van der Waals surface area contributed by atoms with Gasteiger partial charge in [-0.15, -0.1) is 0 Å². The highest BCUT2D eigenvalue weighted by Gasteiger charge is 2.17. The van der Waals surface area contributed by atoms with E-state index in [-0.39, 0.29) is 5.78 Å². The Morgan fingerprint density at radius 1 is 1.47 bits per heavy atom. The molecule has 1 aliphatic rings. The number of halogens is 1. The molecule has 0 amide bonds. The molecule has 0 aliphatic heterocycles. The molecule has 0 fully saturated rings. The van der Waals surface area contributed by atoms with Crippen LogP contribution in [0.1, 0.15) is 17.5 Å². The van der Waals surface area contributed by atoms with E-state index in [0.29, 0.717) is 0 Å². The molecule has 0 N–H and O–H groups in total. The first-order chi connectivity index (χ1) is 7.24. The molecule has 0 unspecified atom stereocenters. The molecule has 1 aromatic rings. The van der Waals surface area contributed by atoms with E-state index < -0.39 is 0 Å². The fourth-order valence-corrected chi connectivity index (χ4v) is 2.44. The van der Waals surface area contributed by atoms with E-state index in [1.807, 2.05) is 24.3 Å². The normalized spacial score (nSPS) is 14.1. The van der Waals surface area contributed by atoms with Gasteiger partial charge in [0.05, 0.1) is 0 Å². The molecule has 2 heteroatoms. The third kappa shape index (κ3) is 1.82. The first kappa shape index (κ1) is 10.4. The third-order valence-corrected chi connectivity index (χ3v) is 3.35. The zero-order valence-electron chi connectivity index (χ0n) is 8.29. The second kappa shape index (κ2) is 4.15. The van der Waals surface area contributed by atoms with Crippen molar-refractivity contribution in [3.8, 4) is 0 Å². The van der Waals surface area contributed by atoms with Crippen molar-refractivity contribution in [2.24, 2.45) is 0 Å². The van der Waals surface area contributed by atoms with Crippen LogP contribution in [0.25, 0.3) is 5.57 Å². The lowest BCUT2D eigenvalue weighted by Gasteiger charge is -2.17. The number of benzene rings is 1. The summed E-state index contributed by atoms with van der Waals surface area (Å²) in [5.41, 5.74) is 3.05. The van der Waals surface area contributed by atoms with Crippen LogP contribution in [0.15, 0.2) is 41.4 Å². The smallest absolute Gasteiger partial charge is 0.185 e. The minimum absolute atomic E-state index is 0.00838. The van der Waals surface area contributed by atoms with Crippen LogP contribution < -0.4 is 0 Å². The van der Waals surface area contributed by atoms with E-state index in [2.05, 4.69) is 22.5 Å². The van der Waals surface area contributed by atoms with Gasteiger partial charge in [-0.05, 0) is 36.1 Å². The van der Waals surface area contributed by atoms with E-state index in [1.54, 1.807) is 0 Å². The van der Waals surface area contributed by atoms with Crippen LogP contribution >= 0.6 is 15.9 Å². The molecule has 0 spiro atoms. The van der Waals surface area contributed by atoms with Crippen LogP contribution in [-0.4, -0.2) is 5.78 Å². The largest absolute Gasteiger partial charge is 0.289 e. The van der Waals surface area contributed by atoms with Crippen molar-refractivity contribution in [3.05, 3.63) is 52.5 Å². The van der Waals surface area contributed by atoms with Crippen molar-refractivity contribution in [3.63, 3.8) is 0 Å². The van der Waals surface area contributed by atoms with Gasteiger partial charge in [-0.25, -0.2) is 0 Å². The Kier molecular flexibility index (Phi) is 2.87. The molecule has 2 rings (SSSR count). The van der Waals surface area contributed by atoms with Crippen LogP contribution in [-0.2, 0) is 11.2 Å². The monoisotopic (exact) mass is 262 g/mol. The molecule has 1 aromatic carbocycles. The second-order valence-electron chi connectivity index (χ2n) is 3.49. The highest BCUT2D eigenvalue weighted by molar-refractivity contribution is 9.10. The van der Waals surface area contributed by atoms with Gasteiger partial charge in [-0.3, -0.25) is 4.79 Å². The Hall–Kier alpha value is -1.15. The van der Waals surface area contributed by atoms with E-state index in [0.717, 1.165) is 28.5 Å². The van der Waals surface area contributed by atoms with Gasteiger partial charge in [-0.2, -0.15) is 0 Å². The lowest BCUT2D eigenvalue weighted by molar-refractivity contribution is -0.109. The topological polar surface area (TPSA) is 17.1 Å². The Morgan fingerprint density at radius 3 is 3.00 bits per heavy atom. The molecule has 15 heavy (non-hydrogen) atoms. The maximum atomic E-state index is 11.6. The quantitative estimate of drug-likeness (QED) is 0.746. The van der Waals surface area contributed by atoms with E-state index >= 15 is 0 Å². The Labute approximate surface area is 97.6 Å². The molecule has 0 atom stereocenters. The number of ketones is 1. The number of hydrogen-bond acceptors (Lipinski definition) is 1. The zero-order valence-corrected chi connectivity index (χ0v) is 9.88. The average Bonchev–Trinajstić information content (AvgIpc) is 2.28. The number of rotatable bonds is 2. The minimum Gasteiger partial charge on any atom is -0.289 e. The molecule has 0 radical (unpaired) electrons. The maximum Gasteiger partial charge on any atom is 0.185 e. The number of fused-ring (bicyclic) bond motifs is 1. The predicted octanol–water partition coefficient (Wildman–Crippen LogP) is 3.53. The van der Waals surface area contributed by atoms with Crippen molar-refractivity contribution >= 4 is 27.3 Å². The summed E-state index contributed by atoms with van der Waals surface area (Å²) in [7, 11) is 0. The second-order valence-corrected chi connectivity index (χ2v) is 4.35. The lowest BCUT2D eigenvalue weighted by Crippen LogP contribution is -2.06. The SMILES string of the molecule is C=CC(=O)C1=CCCc2c(Br)cccc21. The summed E-state index contributed by atoms with van der Waals surface area (Å²) in [4.78, 5) is 11.6. The molecule has 1 nitrogen and oxygen atoms in total. The number of carbonyl (C=O) groups excluding carboxylic acids is 1. The highest BCUT2D eigenvalue weighted by atomic mass is 79.9. The fourth-order valence-electron chi connectivity index (χ4n) is 1.88. The summed E-state index contributed by atoms with van der Waals surface area (Å²) in [5, 5.41) is 0. The minimum atomic E-state index is 0.00838. The van der Waals surface area contributed by atoms with Gasteiger partial charge in [0, 0.05) is 10.0 Å². The van der Waals surface area contributed by atoms with Crippen molar-refractivity contribution in [2.45, 2.75) is 12.8 Å². The molecule has 0 saturated heterocycles. The summed E-state index contributed by atoms with van der Waals surface area (Å²) in [6.45, 7) is 3.53. The van der Waals surface area contributed by atoms with Gasteiger partial charge < -0.3 is 0 Å². The van der Waals surface area contributed by atoms with Gasteiger partial charge in [0.25, 0.3) is 0 Å². The molecule has 0 heterocycles. The van der Waals surface area contributed by atoms with Gasteiger partial charge in [-0.1, -0.05) is 40.7 Å². The lowest BCUT2D eigenvalue weighted by atomic mass is 9.89. The first-order valence-electron chi connectivity index (χ1n) is 4.88. The molecule has 76 valence electrons. The van der Waals surface area contributed by atoms with Gasteiger partial charge in [0.15, 0.2) is 5.78 Å². The molecule has 0 aromatic heterocycles. The molecular weight excluding hydrogens is 252 g/mol.